The van der Waals surface area contributed by atoms with E-state index in [1.54, 1.807) is 30.3 Å². The highest BCUT2D eigenvalue weighted by atomic mass is 32.2. The fourth-order valence-electron chi connectivity index (χ4n) is 5.46. The molecule has 39 heavy (non-hydrogen) atoms. The van der Waals surface area contributed by atoms with E-state index in [1.807, 2.05) is 4.90 Å². The maximum absolute atomic E-state index is 13.4. The molecule has 0 unspecified atom stereocenters. The number of ether oxygens (including phenoxy) is 2. The van der Waals surface area contributed by atoms with Gasteiger partial charge in [-0.05, 0) is 85.5 Å². The van der Waals surface area contributed by atoms with Crippen LogP contribution in [-0.2, 0) is 21.1 Å². The molecular weight excluding hydrogens is 521 g/mol. The third-order valence-corrected chi connectivity index (χ3v) is 8.74. The lowest BCUT2D eigenvalue weighted by Gasteiger charge is -2.47. The third-order valence-electron chi connectivity index (χ3n) is 7.61. The molecule has 1 N–H and O–H groups in total. The average molecular weight is 554 g/mol. The molecule has 0 radical (unpaired) electrons. The highest BCUT2D eigenvalue weighted by Crippen LogP contribution is 2.40. The lowest BCUT2D eigenvalue weighted by Crippen LogP contribution is -2.54. The van der Waals surface area contributed by atoms with Gasteiger partial charge in [0.05, 0.1) is 16.9 Å². The van der Waals surface area contributed by atoms with Crippen molar-refractivity contribution in [1.29, 1.82) is 0 Å². The Labute approximate surface area is 228 Å². The molecule has 0 spiro atoms. The predicted octanol–water partition coefficient (Wildman–Crippen LogP) is 5.51. The molecule has 0 aromatic heterocycles. The van der Waals surface area contributed by atoms with Crippen LogP contribution in [0, 0.1) is 11.7 Å². The molecular formula is C30H32FNO6S. The number of carbonyl (C=O) groups is 1. The van der Waals surface area contributed by atoms with Crippen LogP contribution in [0.2, 0.25) is 0 Å². The number of carbonyl (C=O) groups excluding carboxylic acids is 1. The molecule has 2 atom stereocenters. The first-order chi connectivity index (χ1) is 18.6. The van der Waals surface area contributed by atoms with Crippen molar-refractivity contribution in [2.75, 3.05) is 19.3 Å². The van der Waals surface area contributed by atoms with Crippen molar-refractivity contribution in [2.45, 2.75) is 49.0 Å². The smallest absolute Gasteiger partial charge is 0.227 e. The summed E-state index contributed by atoms with van der Waals surface area (Å²) in [7, 11) is -3.34. The summed E-state index contributed by atoms with van der Waals surface area (Å²) in [5, 5.41) is 11.0. The molecule has 1 heterocycles. The molecule has 2 fully saturated rings. The minimum absolute atomic E-state index is 0.0370. The first kappa shape index (κ1) is 27.1. The number of hydrogen-bond donors (Lipinski definition) is 1. The number of halogens is 1. The van der Waals surface area contributed by atoms with Gasteiger partial charge in [0.15, 0.2) is 9.84 Å². The summed E-state index contributed by atoms with van der Waals surface area (Å²) in [6.45, 7) is 1.07. The van der Waals surface area contributed by atoms with E-state index in [2.05, 4.69) is 0 Å². The van der Waals surface area contributed by atoms with E-state index in [0.717, 1.165) is 31.9 Å². The number of sulfone groups is 1. The number of nitrogens with zero attached hydrogens (tertiary/aromatic N) is 1. The molecule has 3 aromatic carbocycles. The van der Waals surface area contributed by atoms with E-state index in [9.17, 15) is 22.7 Å². The van der Waals surface area contributed by atoms with Crippen molar-refractivity contribution in [2.24, 2.45) is 5.92 Å². The third kappa shape index (κ3) is 6.59. The second kappa shape index (κ2) is 11.0. The van der Waals surface area contributed by atoms with Crippen molar-refractivity contribution >= 4 is 15.7 Å². The van der Waals surface area contributed by atoms with Crippen molar-refractivity contribution in [3.05, 3.63) is 78.1 Å². The number of rotatable bonds is 7. The Morgan fingerprint density at radius 2 is 1.56 bits per heavy atom. The Bertz CT molecular complexity index is 1440. The fraction of sp³-hybridized carbons (Fsp3) is 0.367. The Kier molecular flexibility index (Phi) is 7.64. The van der Waals surface area contributed by atoms with Crippen molar-refractivity contribution < 1.29 is 32.2 Å². The summed E-state index contributed by atoms with van der Waals surface area (Å²) in [6, 6.07) is 16.8. The van der Waals surface area contributed by atoms with E-state index in [1.165, 1.54) is 36.4 Å². The summed E-state index contributed by atoms with van der Waals surface area (Å²) in [4.78, 5) is 15.3. The Morgan fingerprint density at radius 1 is 0.949 bits per heavy atom. The van der Waals surface area contributed by atoms with Gasteiger partial charge in [0, 0.05) is 31.3 Å². The maximum atomic E-state index is 13.4. The number of hydrogen-bond acceptors (Lipinski definition) is 6. The average Bonchev–Trinajstić information content (AvgIpc) is 2.89. The van der Waals surface area contributed by atoms with Crippen LogP contribution in [0.1, 0.15) is 37.7 Å². The first-order valence-electron chi connectivity index (χ1n) is 13.1. The number of benzene rings is 3. The Balaban J connectivity index is 1.36. The SMILES string of the molecule is CS(=O)(=O)c1ccc(Oc2cc(CC(=O)N3CC[C@@]4(O)CCCC[C@H]4C3)cc(Oc3ccc(F)cc3)c2)cc1. The minimum Gasteiger partial charge on any atom is -0.457 e. The summed E-state index contributed by atoms with van der Waals surface area (Å²) >= 11 is 0. The normalized spacial score (nSPS) is 21.2. The van der Waals surface area contributed by atoms with E-state index < -0.39 is 15.4 Å². The van der Waals surface area contributed by atoms with E-state index in [-0.39, 0.29) is 29.0 Å². The van der Waals surface area contributed by atoms with Gasteiger partial charge in [-0.15, -0.1) is 0 Å². The van der Waals surface area contributed by atoms with Gasteiger partial charge < -0.3 is 19.5 Å². The molecule has 1 aliphatic carbocycles. The highest BCUT2D eigenvalue weighted by Gasteiger charge is 2.43. The molecule has 7 nitrogen and oxygen atoms in total. The monoisotopic (exact) mass is 553 g/mol. The molecule has 206 valence electrons. The van der Waals surface area contributed by atoms with Crippen molar-refractivity contribution in [1.82, 2.24) is 4.90 Å². The molecule has 1 saturated heterocycles. The van der Waals surface area contributed by atoms with Crippen LogP contribution in [0.15, 0.2) is 71.6 Å². The van der Waals surface area contributed by atoms with Crippen LogP contribution in [-0.4, -0.2) is 49.3 Å². The van der Waals surface area contributed by atoms with Crippen molar-refractivity contribution in [3.63, 3.8) is 0 Å². The number of piperidine rings is 1. The molecule has 1 amide bonds. The van der Waals surface area contributed by atoms with Crippen LogP contribution < -0.4 is 9.47 Å². The lowest BCUT2D eigenvalue weighted by molar-refractivity contribution is -0.142. The van der Waals surface area contributed by atoms with Gasteiger partial charge in [0.1, 0.15) is 28.8 Å². The zero-order valence-electron chi connectivity index (χ0n) is 21.8. The second-order valence-electron chi connectivity index (χ2n) is 10.5. The van der Waals surface area contributed by atoms with E-state index in [0.29, 0.717) is 48.1 Å². The van der Waals surface area contributed by atoms with Gasteiger partial charge in [0.25, 0.3) is 0 Å². The highest BCUT2D eigenvalue weighted by molar-refractivity contribution is 7.90. The number of fused-ring (bicyclic) bond motifs is 1. The van der Waals surface area contributed by atoms with Gasteiger partial charge >= 0.3 is 0 Å². The number of amides is 1. The van der Waals surface area contributed by atoms with Gasteiger partial charge in [-0.25, -0.2) is 12.8 Å². The zero-order chi connectivity index (χ0) is 27.6. The van der Waals surface area contributed by atoms with Crippen LogP contribution in [0.5, 0.6) is 23.0 Å². The molecule has 1 saturated carbocycles. The van der Waals surface area contributed by atoms with Gasteiger partial charge in [-0.2, -0.15) is 0 Å². The van der Waals surface area contributed by atoms with Gasteiger partial charge in [-0.3, -0.25) is 4.79 Å². The van der Waals surface area contributed by atoms with Gasteiger partial charge in [-0.1, -0.05) is 12.8 Å². The van der Waals surface area contributed by atoms with E-state index >= 15 is 0 Å². The summed E-state index contributed by atoms with van der Waals surface area (Å²) in [5.41, 5.74) is 0.0119. The summed E-state index contributed by atoms with van der Waals surface area (Å²) < 4.78 is 48.9. The summed E-state index contributed by atoms with van der Waals surface area (Å²) in [6.07, 6.45) is 5.68. The van der Waals surface area contributed by atoms with Gasteiger partial charge in [0.2, 0.25) is 5.91 Å². The molecule has 3 aromatic rings. The molecule has 0 bridgehead atoms. The largest absolute Gasteiger partial charge is 0.457 e. The standard InChI is InChI=1S/C30H32FNO6S/c1-39(35,36)28-11-9-25(10-12-28)38-27-17-21(16-26(19-27)37-24-7-5-23(31)6-8-24)18-29(33)32-15-14-30(34)13-3-2-4-22(30)20-32/h5-12,16-17,19,22,34H,2-4,13-15,18,20H2,1H3/t22-,30-/m0/s1. The molecule has 2 aliphatic rings. The van der Waals surface area contributed by atoms with E-state index in [4.69, 9.17) is 9.47 Å². The number of aliphatic hydroxyl groups is 1. The van der Waals surface area contributed by atoms with Crippen LogP contribution in [0.4, 0.5) is 4.39 Å². The van der Waals surface area contributed by atoms with Crippen LogP contribution >= 0.6 is 0 Å². The molecule has 1 aliphatic heterocycles. The maximum Gasteiger partial charge on any atom is 0.227 e. The topological polar surface area (TPSA) is 93.1 Å². The Morgan fingerprint density at radius 3 is 2.18 bits per heavy atom. The molecule has 5 rings (SSSR count). The minimum atomic E-state index is -3.34. The second-order valence-corrected chi connectivity index (χ2v) is 12.5. The lowest BCUT2D eigenvalue weighted by atomic mass is 9.71. The van der Waals surface area contributed by atoms with Crippen molar-refractivity contribution in [3.8, 4) is 23.0 Å². The van der Waals surface area contributed by atoms with Crippen LogP contribution in [0.3, 0.4) is 0 Å². The fourth-order valence-corrected chi connectivity index (χ4v) is 6.09. The molecule has 9 heteroatoms. The van der Waals surface area contributed by atoms with Crippen LogP contribution in [0.25, 0.3) is 0 Å². The first-order valence-corrected chi connectivity index (χ1v) is 15.0. The zero-order valence-corrected chi connectivity index (χ0v) is 22.6. The quantitative estimate of drug-likeness (QED) is 0.415. The number of likely N-dealkylation sites (tertiary alicyclic amines) is 1. The predicted molar refractivity (Wildman–Crippen MR) is 144 cm³/mol. The Hall–Kier alpha value is -3.43. The summed E-state index contributed by atoms with van der Waals surface area (Å²) in [5.74, 6) is 1.35.